The molecule has 1 aliphatic rings. The van der Waals surface area contributed by atoms with Crippen LogP contribution in [-0.2, 0) is 9.53 Å². The Balaban J connectivity index is 1.41. The van der Waals surface area contributed by atoms with Gasteiger partial charge in [0.15, 0.2) is 0 Å². The predicted molar refractivity (Wildman–Crippen MR) is 158 cm³/mol. The molecule has 2 unspecified atom stereocenters. The first-order chi connectivity index (χ1) is 19.7. The van der Waals surface area contributed by atoms with Crippen LogP contribution in [0.4, 0.5) is 17.2 Å². The summed E-state index contributed by atoms with van der Waals surface area (Å²) in [7, 11) is 0. The molecule has 0 bridgehead atoms. The summed E-state index contributed by atoms with van der Waals surface area (Å²) in [5.41, 5.74) is 3.74. The Kier molecular flexibility index (Phi) is 8.74. The number of rotatable bonds is 11. The van der Waals surface area contributed by atoms with Crippen LogP contribution in [0, 0.1) is 25.2 Å². The number of carbonyl (C=O) groups excluding carboxylic acids is 1. The van der Waals surface area contributed by atoms with Gasteiger partial charge in [0.2, 0.25) is 0 Å². The highest BCUT2D eigenvalue weighted by Crippen LogP contribution is 2.33. The van der Waals surface area contributed by atoms with Crippen LogP contribution in [0.2, 0.25) is 0 Å². The molecule has 1 saturated heterocycles. The second kappa shape index (κ2) is 13.0. The van der Waals surface area contributed by atoms with Gasteiger partial charge in [-0.2, -0.15) is 0 Å². The van der Waals surface area contributed by atoms with Crippen LogP contribution < -0.4 is 20.3 Å². The van der Waals surface area contributed by atoms with Crippen molar-refractivity contribution >= 4 is 34.6 Å². The fourth-order valence-corrected chi connectivity index (χ4v) is 5.28. The Hall–Kier alpha value is -4.61. The van der Waals surface area contributed by atoms with E-state index < -0.39 is 0 Å². The molecule has 2 heterocycles. The third-order valence-corrected chi connectivity index (χ3v) is 7.29. The van der Waals surface area contributed by atoms with Crippen molar-refractivity contribution in [2.24, 2.45) is 5.92 Å². The highest BCUT2D eigenvalue weighted by molar-refractivity contribution is 5.93. The zero-order chi connectivity index (χ0) is 27.7. The summed E-state index contributed by atoms with van der Waals surface area (Å²) < 4.78 is 11.1. The summed E-state index contributed by atoms with van der Waals surface area (Å²) in [4.78, 5) is 22.0. The van der Waals surface area contributed by atoms with Crippen molar-refractivity contribution in [1.29, 1.82) is 0 Å². The summed E-state index contributed by atoms with van der Waals surface area (Å²) in [6, 6.07) is 22.0. The first kappa shape index (κ1) is 27.0. The Bertz CT molecular complexity index is 1490. The third kappa shape index (κ3) is 6.33. The van der Waals surface area contributed by atoms with Crippen LogP contribution in [0.25, 0.3) is 10.9 Å². The maximum atomic E-state index is 10.7. The van der Waals surface area contributed by atoms with E-state index in [9.17, 15) is 4.79 Å². The zero-order valence-electron chi connectivity index (χ0n) is 22.5. The Morgan fingerprint density at radius 3 is 2.83 bits per heavy atom. The number of benzene rings is 3. The Morgan fingerprint density at radius 1 is 1.15 bits per heavy atom. The van der Waals surface area contributed by atoms with E-state index >= 15 is 0 Å². The number of hydrogen-bond donors (Lipinski definition) is 2. The molecule has 3 aromatic carbocycles. The second-order valence-corrected chi connectivity index (χ2v) is 9.85. The van der Waals surface area contributed by atoms with Crippen molar-refractivity contribution in [3.05, 3.63) is 78.6 Å². The van der Waals surface area contributed by atoms with Crippen LogP contribution >= 0.6 is 0 Å². The van der Waals surface area contributed by atoms with Gasteiger partial charge in [0, 0.05) is 29.3 Å². The lowest BCUT2D eigenvalue weighted by Gasteiger charge is -2.41. The van der Waals surface area contributed by atoms with Gasteiger partial charge < -0.3 is 25.0 Å². The molecule has 5 rings (SSSR count). The third-order valence-electron chi connectivity index (χ3n) is 7.29. The minimum atomic E-state index is 0.165. The molecule has 0 amide bonds. The van der Waals surface area contributed by atoms with E-state index in [0.29, 0.717) is 31.4 Å². The first-order valence-electron chi connectivity index (χ1n) is 13.5. The highest BCUT2D eigenvalue weighted by atomic mass is 16.5. The molecule has 8 heteroatoms. The number of nitrogens with zero attached hydrogens (tertiary/aromatic N) is 3. The van der Waals surface area contributed by atoms with Crippen molar-refractivity contribution < 1.29 is 14.3 Å². The highest BCUT2D eigenvalue weighted by Gasteiger charge is 2.30. The molecule has 4 aromatic rings. The average Bonchev–Trinajstić information content (AvgIpc) is 2.98. The summed E-state index contributed by atoms with van der Waals surface area (Å²) >= 11 is 0. The van der Waals surface area contributed by atoms with Crippen LogP contribution in [-0.4, -0.2) is 48.7 Å². The summed E-state index contributed by atoms with van der Waals surface area (Å²) in [6.07, 6.45) is 9.17. The summed E-state index contributed by atoms with van der Waals surface area (Å²) in [6.45, 7) is 5.13. The molecule has 0 aliphatic carbocycles. The number of carbonyl (C=O) groups is 1. The smallest absolute Gasteiger partial charge is 0.293 e. The number of aromatic nitrogens is 2. The van der Waals surface area contributed by atoms with Gasteiger partial charge in [0.05, 0.1) is 18.7 Å². The van der Waals surface area contributed by atoms with Gasteiger partial charge in [-0.15, -0.1) is 6.42 Å². The van der Waals surface area contributed by atoms with Crippen molar-refractivity contribution in [3.8, 4) is 23.8 Å². The number of terminal acetylenes is 1. The maximum Gasteiger partial charge on any atom is 0.293 e. The van der Waals surface area contributed by atoms with Crippen LogP contribution in [0.15, 0.2) is 73.1 Å². The summed E-state index contributed by atoms with van der Waals surface area (Å²) in [5.74, 6) is 5.48. The number of piperidine rings is 1. The van der Waals surface area contributed by atoms with Crippen LogP contribution in [0.3, 0.4) is 0 Å². The molecular formula is C32H33N5O3. The SMILES string of the molecule is C#CCN(c1ccc2ncnc(Nc3ccc(Oc4ccccc4)c(C)c3)c2c1)C1CNCCC1CCOC=O. The van der Waals surface area contributed by atoms with Crippen molar-refractivity contribution in [2.75, 3.05) is 36.5 Å². The average molecular weight is 536 g/mol. The van der Waals surface area contributed by atoms with E-state index in [4.69, 9.17) is 15.9 Å². The summed E-state index contributed by atoms with van der Waals surface area (Å²) in [5, 5.41) is 7.87. The molecule has 0 spiro atoms. The molecular weight excluding hydrogens is 502 g/mol. The van der Waals surface area contributed by atoms with Crippen molar-refractivity contribution in [2.45, 2.75) is 25.8 Å². The van der Waals surface area contributed by atoms with Gasteiger partial charge in [-0.3, -0.25) is 4.79 Å². The molecule has 1 aliphatic heterocycles. The first-order valence-corrected chi connectivity index (χ1v) is 13.5. The number of ether oxygens (including phenoxy) is 2. The Morgan fingerprint density at radius 2 is 2.02 bits per heavy atom. The molecule has 40 heavy (non-hydrogen) atoms. The molecule has 1 aromatic heterocycles. The van der Waals surface area contributed by atoms with Gasteiger partial charge in [0.1, 0.15) is 23.6 Å². The van der Waals surface area contributed by atoms with Gasteiger partial charge in [-0.05, 0) is 86.3 Å². The lowest BCUT2D eigenvalue weighted by Crippen LogP contribution is -2.52. The van der Waals surface area contributed by atoms with E-state index in [2.05, 4.69) is 43.6 Å². The molecule has 0 saturated carbocycles. The number of para-hydroxylation sites is 1. The molecule has 8 nitrogen and oxygen atoms in total. The number of nitrogens with one attached hydrogen (secondary N) is 2. The van der Waals surface area contributed by atoms with Crippen molar-refractivity contribution in [3.63, 3.8) is 0 Å². The van der Waals surface area contributed by atoms with Crippen LogP contribution in [0.5, 0.6) is 11.5 Å². The maximum absolute atomic E-state index is 10.7. The largest absolute Gasteiger partial charge is 0.468 e. The van der Waals surface area contributed by atoms with E-state index in [1.165, 1.54) is 0 Å². The number of fused-ring (bicyclic) bond motifs is 1. The number of anilines is 3. The zero-order valence-corrected chi connectivity index (χ0v) is 22.5. The number of hydrogen-bond acceptors (Lipinski definition) is 8. The Labute approximate surface area is 234 Å². The second-order valence-electron chi connectivity index (χ2n) is 9.85. The molecule has 1 fully saturated rings. The van der Waals surface area contributed by atoms with Gasteiger partial charge in [0.25, 0.3) is 6.47 Å². The minimum absolute atomic E-state index is 0.165. The normalized spacial score (nSPS) is 16.6. The topological polar surface area (TPSA) is 88.6 Å². The van der Waals surface area contributed by atoms with Crippen LogP contribution in [0.1, 0.15) is 18.4 Å². The van der Waals surface area contributed by atoms with Gasteiger partial charge >= 0.3 is 0 Å². The molecule has 2 atom stereocenters. The van der Waals surface area contributed by atoms with Crippen molar-refractivity contribution in [1.82, 2.24) is 15.3 Å². The minimum Gasteiger partial charge on any atom is -0.468 e. The monoisotopic (exact) mass is 535 g/mol. The fourth-order valence-electron chi connectivity index (χ4n) is 5.28. The lowest BCUT2D eigenvalue weighted by atomic mass is 9.88. The molecule has 0 radical (unpaired) electrons. The van der Waals surface area contributed by atoms with Gasteiger partial charge in [-0.1, -0.05) is 24.1 Å². The standard InChI is InChI=1S/C32H33N5O3/c1-3-16-37(30-20-33-15-13-24(30)14-17-39-22-38)26-10-11-29-28(19-26)32(35-21-34-29)36-25-9-12-31(23(2)18-25)40-27-7-5-4-6-8-27/h1,4-12,18-19,21-22,24,30,33H,13-17,20H2,2H3,(H,34,35,36). The van der Waals surface area contributed by atoms with E-state index in [1.807, 2.05) is 61.5 Å². The molecule has 2 N–H and O–H groups in total. The molecule has 204 valence electrons. The fraction of sp³-hybridized carbons (Fsp3) is 0.281. The number of aryl methyl sites for hydroxylation is 1. The lowest BCUT2D eigenvalue weighted by molar-refractivity contribution is -0.129. The quantitative estimate of drug-likeness (QED) is 0.149. The van der Waals surface area contributed by atoms with E-state index in [-0.39, 0.29) is 6.04 Å². The van der Waals surface area contributed by atoms with Gasteiger partial charge in [-0.25, -0.2) is 9.97 Å². The van der Waals surface area contributed by atoms with E-state index in [1.54, 1.807) is 6.33 Å². The predicted octanol–water partition coefficient (Wildman–Crippen LogP) is 5.45. The van der Waals surface area contributed by atoms with E-state index in [0.717, 1.165) is 65.3 Å².